The summed E-state index contributed by atoms with van der Waals surface area (Å²) < 4.78 is 12.8. The van der Waals surface area contributed by atoms with E-state index < -0.39 is 10.8 Å². The third-order valence-corrected chi connectivity index (χ3v) is 4.86. The van der Waals surface area contributed by atoms with Crippen LogP contribution >= 0.6 is 15.9 Å². The average Bonchev–Trinajstić information content (AvgIpc) is 3.23. The Morgan fingerprint density at radius 3 is 2.58 bits per heavy atom. The molecule has 0 saturated heterocycles. The second-order valence-electron chi connectivity index (χ2n) is 6.25. The van der Waals surface area contributed by atoms with Gasteiger partial charge in [0.25, 0.3) is 11.6 Å². The number of non-ortho nitro benzene ring substituents is 1. The maximum atomic E-state index is 12.3. The molecular weight excluding hydrogens is 470 g/mol. The molecule has 1 heterocycles. The van der Waals surface area contributed by atoms with E-state index in [1.807, 2.05) is 0 Å². The van der Waals surface area contributed by atoms with Crippen LogP contribution in [0.15, 0.2) is 58.2 Å². The predicted octanol–water partition coefficient (Wildman–Crippen LogP) is 3.38. The Morgan fingerprint density at radius 1 is 1.23 bits per heavy atom. The van der Waals surface area contributed by atoms with Crippen LogP contribution in [0.1, 0.15) is 21.6 Å². The maximum Gasteiger partial charge on any atom is 0.291 e. The minimum atomic E-state index is -0.481. The summed E-state index contributed by atoms with van der Waals surface area (Å²) in [4.78, 5) is 22.6. The molecule has 0 fully saturated rings. The van der Waals surface area contributed by atoms with Crippen LogP contribution in [0.4, 0.5) is 5.69 Å². The van der Waals surface area contributed by atoms with Gasteiger partial charge >= 0.3 is 0 Å². The monoisotopic (exact) mass is 487 g/mol. The maximum absolute atomic E-state index is 12.3. The SMILES string of the molecule is COc1cc(OC)c(C=NNC(=O)c2ccn(Cc3ccc([N+](=O)[O-])cc3)n2)cc1Br. The van der Waals surface area contributed by atoms with Crippen LogP contribution < -0.4 is 14.9 Å². The minimum absolute atomic E-state index is 0.0164. The van der Waals surface area contributed by atoms with Gasteiger partial charge in [0.05, 0.1) is 36.4 Å². The summed E-state index contributed by atoms with van der Waals surface area (Å²) in [6, 6.07) is 11.1. The molecule has 0 aliphatic carbocycles. The van der Waals surface area contributed by atoms with Crippen molar-refractivity contribution in [2.45, 2.75) is 6.54 Å². The lowest BCUT2D eigenvalue weighted by atomic mass is 10.2. The number of methoxy groups -OCH3 is 2. The minimum Gasteiger partial charge on any atom is -0.496 e. The number of halogens is 1. The van der Waals surface area contributed by atoms with Gasteiger partial charge in [-0.05, 0) is 33.6 Å². The third kappa shape index (κ3) is 5.45. The largest absolute Gasteiger partial charge is 0.496 e. The molecule has 2 aromatic carbocycles. The first kappa shape index (κ1) is 22.0. The number of nitro groups is 1. The molecule has 0 spiro atoms. The molecule has 11 heteroatoms. The molecule has 3 rings (SSSR count). The highest BCUT2D eigenvalue weighted by molar-refractivity contribution is 9.10. The summed E-state index contributed by atoms with van der Waals surface area (Å²) in [6.07, 6.45) is 3.10. The Labute approximate surface area is 185 Å². The van der Waals surface area contributed by atoms with Crippen molar-refractivity contribution in [2.75, 3.05) is 14.2 Å². The lowest BCUT2D eigenvalue weighted by molar-refractivity contribution is -0.384. The fourth-order valence-corrected chi connectivity index (χ4v) is 3.21. The van der Waals surface area contributed by atoms with Crippen molar-refractivity contribution >= 4 is 33.7 Å². The molecule has 0 aliphatic rings. The number of carbonyl (C=O) groups excluding carboxylic acids is 1. The van der Waals surface area contributed by atoms with Crippen LogP contribution in [0.5, 0.6) is 11.5 Å². The Balaban J connectivity index is 1.63. The van der Waals surface area contributed by atoms with E-state index in [-0.39, 0.29) is 11.4 Å². The van der Waals surface area contributed by atoms with Crippen LogP contribution in [0, 0.1) is 10.1 Å². The zero-order valence-corrected chi connectivity index (χ0v) is 18.2. The van der Waals surface area contributed by atoms with E-state index in [2.05, 4.69) is 31.6 Å². The number of hydrogen-bond donors (Lipinski definition) is 1. The van der Waals surface area contributed by atoms with Gasteiger partial charge in [0, 0.05) is 30.0 Å². The van der Waals surface area contributed by atoms with E-state index in [0.717, 1.165) is 5.56 Å². The van der Waals surface area contributed by atoms with E-state index in [0.29, 0.717) is 28.1 Å². The van der Waals surface area contributed by atoms with Crippen molar-refractivity contribution in [3.8, 4) is 11.5 Å². The number of hydrogen-bond acceptors (Lipinski definition) is 7. The molecular formula is C20H18BrN5O5. The van der Waals surface area contributed by atoms with Crippen molar-refractivity contribution in [3.63, 3.8) is 0 Å². The van der Waals surface area contributed by atoms with Crippen LogP contribution in [0.25, 0.3) is 0 Å². The Bertz CT molecular complexity index is 1130. The molecule has 1 amide bonds. The van der Waals surface area contributed by atoms with Crippen LogP contribution in [0.2, 0.25) is 0 Å². The molecule has 0 aliphatic heterocycles. The number of rotatable bonds is 8. The number of hydrazone groups is 1. The van der Waals surface area contributed by atoms with Gasteiger partial charge in [0.1, 0.15) is 11.5 Å². The van der Waals surface area contributed by atoms with E-state index in [9.17, 15) is 14.9 Å². The number of carbonyl (C=O) groups is 1. The van der Waals surface area contributed by atoms with Crippen LogP contribution in [0.3, 0.4) is 0 Å². The molecule has 1 N–H and O–H groups in total. The molecule has 0 radical (unpaired) electrons. The summed E-state index contributed by atoms with van der Waals surface area (Å²) in [5, 5.41) is 18.9. The second-order valence-corrected chi connectivity index (χ2v) is 7.10. The van der Waals surface area contributed by atoms with Gasteiger partial charge in [-0.15, -0.1) is 0 Å². The summed E-state index contributed by atoms with van der Waals surface area (Å²) >= 11 is 3.39. The standard InChI is InChI=1S/C20H18BrN5O5/c1-30-18-10-19(31-2)16(21)9-14(18)11-22-23-20(27)17-7-8-25(24-17)12-13-3-5-15(6-4-13)26(28)29/h3-11H,12H2,1-2H3,(H,23,27). The molecule has 31 heavy (non-hydrogen) atoms. The number of nitrogens with zero attached hydrogens (tertiary/aromatic N) is 4. The van der Waals surface area contributed by atoms with E-state index in [1.165, 1.54) is 25.5 Å². The van der Waals surface area contributed by atoms with Gasteiger partial charge in [-0.25, -0.2) is 5.43 Å². The van der Waals surface area contributed by atoms with Crippen molar-refractivity contribution in [1.82, 2.24) is 15.2 Å². The molecule has 0 bridgehead atoms. The van der Waals surface area contributed by atoms with Crippen molar-refractivity contribution in [1.29, 1.82) is 0 Å². The van der Waals surface area contributed by atoms with Crippen molar-refractivity contribution in [3.05, 3.63) is 80.1 Å². The summed E-state index contributed by atoms with van der Waals surface area (Å²) in [6.45, 7) is 0.367. The predicted molar refractivity (Wildman–Crippen MR) is 117 cm³/mol. The van der Waals surface area contributed by atoms with Crippen molar-refractivity contribution < 1.29 is 19.2 Å². The van der Waals surface area contributed by atoms with Crippen LogP contribution in [-0.4, -0.2) is 41.0 Å². The van der Waals surface area contributed by atoms with E-state index >= 15 is 0 Å². The summed E-state index contributed by atoms with van der Waals surface area (Å²) in [7, 11) is 3.07. The number of amides is 1. The van der Waals surface area contributed by atoms with E-state index in [1.54, 1.807) is 48.3 Å². The van der Waals surface area contributed by atoms with Crippen LogP contribution in [-0.2, 0) is 6.54 Å². The lowest BCUT2D eigenvalue weighted by Gasteiger charge is -2.09. The van der Waals surface area contributed by atoms with Gasteiger partial charge in [0.15, 0.2) is 5.69 Å². The quantitative estimate of drug-likeness (QED) is 0.295. The normalized spacial score (nSPS) is 10.8. The molecule has 1 aromatic heterocycles. The first-order chi connectivity index (χ1) is 14.9. The Kier molecular flexibility index (Phi) is 6.98. The third-order valence-electron chi connectivity index (χ3n) is 4.24. The van der Waals surface area contributed by atoms with Gasteiger partial charge < -0.3 is 9.47 Å². The summed E-state index contributed by atoms with van der Waals surface area (Å²) in [5.74, 6) is 0.660. The van der Waals surface area contributed by atoms with Gasteiger partial charge in [-0.3, -0.25) is 19.6 Å². The fraction of sp³-hybridized carbons (Fsp3) is 0.150. The number of ether oxygens (including phenoxy) is 2. The summed E-state index contributed by atoms with van der Waals surface area (Å²) in [5.41, 5.74) is 4.07. The number of nitrogens with one attached hydrogen (secondary N) is 1. The molecule has 0 unspecified atom stereocenters. The molecule has 0 atom stereocenters. The number of aromatic nitrogens is 2. The molecule has 3 aromatic rings. The number of nitro benzene ring substituents is 1. The zero-order chi connectivity index (χ0) is 22.4. The lowest BCUT2D eigenvalue weighted by Crippen LogP contribution is -2.18. The van der Waals surface area contributed by atoms with E-state index in [4.69, 9.17) is 9.47 Å². The molecule has 160 valence electrons. The molecule has 0 saturated carbocycles. The first-order valence-electron chi connectivity index (χ1n) is 8.93. The highest BCUT2D eigenvalue weighted by Crippen LogP contribution is 2.31. The van der Waals surface area contributed by atoms with Gasteiger partial charge in [-0.2, -0.15) is 10.2 Å². The zero-order valence-electron chi connectivity index (χ0n) is 16.6. The second kappa shape index (κ2) is 9.85. The topological polar surface area (TPSA) is 121 Å². The fourth-order valence-electron chi connectivity index (χ4n) is 2.68. The average molecular weight is 488 g/mol. The smallest absolute Gasteiger partial charge is 0.291 e. The van der Waals surface area contributed by atoms with Crippen molar-refractivity contribution in [2.24, 2.45) is 5.10 Å². The van der Waals surface area contributed by atoms with Gasteiger partial charge in [-0.1, -0.05) is 12.1 Å². The first-order valence-corrected chi connectivity index (χ1v) is 9.72. The molecule has 10 nitrogen and oxygen atoms in total. The number of benzene rings is 2. The highest BCUT2D eigenvalue weighted by atomic mass is 79.9. The Hall–Kier alpha value is -3.73. The highest BCUT2D eigenvalue weighted by Gasteiger charge is 2.11. The van der Waals surface area contributed by atoms with Gasteiger partial charge in [0.2, 0.25) is 0 Å². The Morgan fingerprint density at radius 2 is 1.94 bits per heavy atom.